The van der Waals surface area contributed by atoms with Gasteiger partial charge >= 0.3 is 6.18 Å². The summed E-state index contributed by atoms with van der Waals surface area (Å²) in [6.07, 6.45) is -0.214. The van der Waals surface area contributed by atoms with Crippen molar-refractivity contribution in [3.8, 4) is 11.1 Å². The fourth-order valence-electron chi connectivity index (χ4n) is 3.40. The van der Waals surface area contributed by atoms with Crippen molar-refractivity contribution in [2.45, 2.75) is 25.1 Å². The van der Waals surface area contributed by atoms with Gasteiger partial charge in [-0.05, 0) is 22.5 Å². The quantitative estimate of drug-likeness (QED) is 0.405. The third-order valence-electron chi connectivity index (χ3n) is 5.33. The number of aromatic nitrogens is 3. The number of hydrogen-bond acceptors (Lipinski definition) is 6. The summed E-state index contributed by atoms with van der Waals surface area (Å²) in [7, 11) is 1.53. The minimum atomic E-state index is -4.45. The van der Waals surface area contributed by atoms with Gasteiger partial charge in [-0.1, -0.05) is 12.1 Å². The Labute approximate surface area is 174 Å². The summed E-state index contributed by atoms with van der Waals surface area (Å²) in [4.78, 5) is 20.3. The van der Waals surface area contributed by atoms with E-state index in [-0.39, 0.29) is 41.4 Å². The maximum absolute atomic E-state index is 12.9. The molecule has 0 amide bonds. The van der Waals surface area contributed by atoms with Crippen LogP contribution in [0, 0.1) is 0 Å². The van der Waals surface area contributed by atoms with Crippen molar-refractivity contribution in [1.82, 2.24) is 14.5 Å². The van der Waals surface area contributed by atoms with E-state index in [2.05, 4.69) is 15.3 Å². The molecule has 0 radical (unpaired) electrons. The highest BCUT2D eigenvalue weighted by Gasteiger charge is 2.44. The third kappa shape index (κ3) is 4.24. The largest absolute Gasteiger partial charge is 0.416 e. The normalized spacial score (nSPS) is 14.8. The summed E-state index contributed by atoms with van der Waals surface area (Å²) >= 11 is 0. The van der Waals surface area contributed by atoms with Gasteiger partial charge in [0.05, 0.1) is 24.0 Å². The smallest absolute Gasteiger partial charge is 0.363 e. The van der Waals surface area contributed by atoms with Crippen LogP contribution in [0.3, 0.4) is 0 Å². The van der Waals surface area contributed by atoms with Gasteiger partial charge in [-0.2, -0.15) is 23.6 Å². The lowest BCUT2D eigenvalue weighted by atomic mass is 10.0. The van der Waals surface area contributed by atoms with Crippen LogP contribution in [0.4, 0.5) is 19.0 Å². The second-order valence-electron chi connectivity index (χ2n) is 7.65. The second kappa shape index (κ2) is 7.59. The van der Waals surface area contributed by atoms with E-state index in [1.165, 1.54) is 36.3 Å². The van der Waals surface area contributed by atoms with Crippen LogP contribution < -0.4 is 10.9 Å². The molecular weight excluding hydrogens is 415 g/mol. The van der Waals surface area contributed by atoms with Crippen LogP contribution >= 0.6 is 0 Å². The summed E-state index contributed by atoms with van der Waals surface area (Å²) in [6.45, 7) is 0.137. The van der Waals surface area contributed by atoms with Crippen LogP contribution in [-0.2, 0) is 13.2 Å². The first-order valence-electron chi connectivity index (χ1n) is 9.67. The number of nitrogens with one attached hydrogen (secondary N) is 1. The summed E-state index contributed by atoms with van der Waals surface area (Å²) < 4.78 is 39.9. The monoisotopic (exact) mass is 436 g/mol. The molecule has 4 rings (SSSR count). The molecular formula is C20H21F3N5O3+. The lowest BCUT2D eigenvalue weighted by Gasteiger charge is -2.21. The molecule has 164 valence electrons. The Morgan fingerprint density at radius 3 is 2.48 bits per heavy atom. The fourth-order valence-corrected chi connectivity index (χ4v) is 3.40. The van der Waals surface area contributed by atoms with Crippen LogP contribution in [-0.4, -0.2) is 48.9 Å². The van der Waals surface area contributed by atoms with Gasteiger partial charge in [0.15, 0.2) is 12.6 Å². The Bertz CT molecular complexity index is 1170. The van der Waals surface area contributed by atoms with E-state index in [1.54, 1.807) is 0 Å². The number of aryl methyl sites for hydroxylation is 1. The van der Waals surface area contributed by atoms with Crippen molar-refractivity contribution < 1.29 is 28.4 Å². The number of rotatable bonds is 6. The van der Waals surface area contributed by atoms with Crippen molar-refractivity contribution >= 4 is 16.7 Å². The maximum atomic E-state index is 12.9. The summed E-state index contributed by atoms with van der Waals surface area (Å²) in [5.74, 6) is 0.218. The zero-order chi connectivity index (χ0) is 22.4. The Balaban J connectivity index is 1.70. The summed E-state index contributed by atoms with van der Waals surface area (Å²) in [5, 5.41) is 23.1. The molecule has 0 saturated heterocycles. The van der Waals surface area contributed by atoms with Crippen LogP contribution in [0.1, 0.15) is 18.4 Å². The molecule has 1 aromatic carbocycles. The van der Waals surface area contributed by atoms with Gasteiger partial charge in [0, 0.05) is 31.6 Å². The number of anilines is 1. The van der Waals surface area contributed by atoms with Crippen LogP contribution in [0.15, 0.2) is 41.6 Å². The minimum absolute atomic E-state index is 0.00489. The van der Waals surface area contributed by atoms with Gasteiger partial charge in [0.2, 0.25) is 0 Å². The molecule has 3 N–H and O–H groups in total. The number of pyridine rings is 1. The highest BCUT2D eigenvalue weighted by atomic mass is 19.4. The molecule has 1 saturated carbocycles. The molecule has 11 heteroatoms. The number of hydroxylamine groups is 4. The number of nitrogens with zero attached hydrogens (tertiary/aromatic N) is 4. The SMILES string of the molecule is Cn1cnc2c(-c3ccc(C(F)(F)F)cc3)cnc(NCC[N+](O)(O)C3CC3)c2c1=O. The molecule has 0 unspecified atom stereocenters. The molecule has 8 nitrogen and oxygen atoms in total. The van der Waals surface area contributed by atoms with E-state index in [4.69, 9.17) is 0 Å². The molecule has 1 aliphatic carbocycles. The zero-order valence-electron chi connectivity index (χ0n) is 16.6. The lowest BCUT2D eigenvalue weighted by Crippen LogP contribution is -2.46. The maximum Gasteiger partial charge on any atom is 0.416 e. The van der Waals surface area contributed by atoms with Crippen molar-refractivity contribution in [3.05, 3.63) is 52.7 Å². The first-order chi connectivity index (χ1) is 14.6. The van der Waals surface area contributed by atoms with E-state index >= 15 is 0 Å². The van der Waals surface area contributed by atoms with Crippen molar-refractivity contribution in [2.75, 3.05) is 18.4 Å². The second-order valence-corrected chi connectivity index (χ2v) is 7.65. The Morgan fingerprint density at radius 1 is 1.19 bits per heavy atom. The number of halogens is 3. The highest BCUT2D eigenvalue weighted by molar-refractivity contribution is 5.98. The van der Waals surface area contributed by atoms with Crippen molar-refractivity contribution in [3.63, 3.8) is 0 Å². The lowest BCUT2D eigenvalue weighted by molar-refractivity contribution is -1.25. The molecule has 3 aromatic rings. The number of quaternary nitrogens is 1. The summed E-state index contributed by atoms with van der Waals surface area (Å²) in [5.41, 5.74) is -0.0192. The van der Waals surface area contributed by atoms with E-state index in [0.29, 0.717) is 11.1 Å². The van der Waals surface area contributed by atoms with Crippen molar-refractivity contribution in [2.24, 2.45) is 7.05 Å². The van der Waals surface area contributed by atoms with Gasteiger partial charge in [-0.3, -0.25) is 4.79 Å². The predicted octanol–water partition coefficient (Wildman–Crippen LogP) is 3.18. The Morgan fingerprint density at radius 2 is 1.87 bits per heavy atom. The molecule has 31 heavy (non-hydrogen) atoms. The van der Waals surface area contributed by atoms with Gasteiger partial charge in [-0.25, -0.2) is 9.97 Å². The average molecular weight is 436 g/mol. The highest BCUT2D eigenvalue weighted by Crippen LogP contribution is 2.33. The van der Waals surface area contributed by atoms with E-state index in [9.17, 15) is 28.4 Å². The summed E-state index contributed by atoms with van der Waals surface area (Å²) in [6, 6.07) is 4.34. The van der Waals surface area contributed by atoms with Crippen LogP contribution in [0.2, 0.25) is 0 Å². The van der Waals surface area contributed by atoms with Crippen LogP contribution in [0.25, 0.3) is 22.0 Å². The standard InChI is InChI=1S/C20H20F3N5O3/c1-27-11-26-17-15(12-2-4-13(5-3-12)20(21,22)23)10-25-18(16(17)19(27)29)24-8-9-28(30,31)14-6-7-14/h2-5,10-11,14,30-31H,6-9H2,1H3/p+1. The van der Waals surface area contributed by atoms with Crippen molar-refractivity contribution in [1.29, 1.82) is 0 Å². The number of fused-ring (bicyclic) bond motifs is 1. The molecule has 0 atom stereocenters. The van der Waals surface area contributed by atoms with Gasteiger partial charge in [-0.15, -0.1) is 0 Å². The number of hydrogen-bond donors (Lipinski definition) is 3. The van der Waals surface area contributed by atoms with Crippen LogP contribution in [0.5, 0.6) is 0 Å². The van der Waals surface area contributed by atoms with E-state index in [0.717, 1.165) is 25.0 Å². The molecule has 0 aliphatic heterocycles. The molecule has 2 heterocycles. The third-order valence-corrected chi connectivity index (χ3v) is 5.33. The number of benzene rings is 1. The van der Waals surface area contributed by atoms with Gasteiger partial charge < -0.3 is 9.88 Å². The molecule has 1 fully saturated rings. The molecule has 0 spiro atoms. The topological polar surface area (TPSA) is 100 Å². The fraction of sp³-hybridized carbons (Fsp3) is 0.350. The molecule has 2 aromatic heterocycles. The average Bonchev–Trinajstić information content (AvgIpc) is 3.56. The van der Waals surface area contributed by atoms with E-state index < -0.39 is 16.5 Å². The minimum Gasteiger partial charge on any atom is -0.363 e. The first-order valence-corrected chi connectivity index (χ1v) is 9.67. The predicted molar refractivity (Wildman–Crippen MR) is 105 cm³/mol. The number of alkyl halides is 3. The molecule has 0 bridgehead atoms. The molecule has 1 aliphatic rings. The first kappa shape index (κ1) is 21.2. The Kier molecular flexibility index (Phi) is 5.20. The van der Waals surface area contributed by atoms with Gasteiger partial charge in [0.1, 0.15) is 11.2 Å². The van der Waals surface area contributed by atoms with Gasteiger partial charge in [0.25, 0.3) is 5.56 Å². The zero-order valence-corrected chi connectivity index (χ0v) is 16.6. The Hall–Kier alpha value is -3.02. The van der Waals surface area contributed by atoms with E-state index in [1.807, 2.05) is 0 Å².